The van der Waals surface area contributed by atoms with Gasteiger partial charge >= 0.3 is 0 Å². The summed E-state index contributed by atoms with van der Waals surface area (Å²) in [6.45, 7) is 6.83. The van der Waals surface area contributed by atoms with E-state index in [1.54, 1.807) is 12.4 Å². The maximum atomic E-state index is 14.2. The number of rotatable bonds is 5. The third-order valence-corrected chi connectivity index (χ3v) is 4.29. The highest BCUT2D eigenvalue weighted by Crippen LogP contribution is 2.36. The molecule has 0 unspecified atom stereocenters. The highest BCUT2D eigenvalue weighted by Gasteiger charge is 2.14. The Morgan fingerprint density at radius 2 is 1.83 bits per heavy atom. The van der Waals surface area contributed by atoms with Crippen molar-refractivity contribution >= 4 is 35.0 Å². The first-order chi connectivity index (χ1) is 11.3. The highest BCUT2D eigenvalue weighted by atomic mass is 35.5. The van der Waals surface area contributed by atoms with Crippen molar-refractivity contribution in [1.29, 1.82) is 0 Å². The molecule has 0 atom stereocenters. The van der Waals surface area contributed by atoms with Crippen LogP contribution in [0.4, 0.5) is 21.5 Å². The lowest BCUT2D eigenvalue weighted by atomic mass is 10.1. The number of hydrogen-bond donors (Lipinski definition) is 0. The molecule has 128 valence electrons. The molecule has 0 saturated heterocycles. The Balaban J connectivity index is 2.40. The van der Waals surface area contributed by atoms with Crippen LogP contribution in [0.3, 0.4) is 0 Å². The lowest BCUT2D eigenvalue weighted by Gasteiger charge is -2.23. The molecule has 0 radical (unpaired) electrons. The molecule has 2 aromatic carbocycles. The second-order valence-electron chi connectivity index (χ2n) is 5.92. The first kappa shape index (κ1) is 18.3. The van der Waals surface area contributed by atoms with Gasteiger partial charge in [-0.15, -0.1) is 0 Å². The van der Waals surface area contributed by atoms with Crippen LogP contribution in [-0.4, -0.2) is 31.9 Å². The molecule has 5 heteroatoms. The number of aliphatic imine (C=N–C) groups is 1. The number of benzene rings is 2. The van der Waals surface area contributed by atoms with Crippen LogP contribution in [0, 0.1) is 19.7 Å². The number of nitrogens with zero attached hydrogens (tertiary/aromatic N) is 3. The van der Waals surface area contributed by atoms with Gasteiger partial charge < -0.3 is 9.80 Å². The molecule has 0 saturated carbocycles. The van der Waals surface area contributed by atoms with Gasteiger partial charge in [0.25, 0.3) is 0 Å². The van der Waals surface area contributed by atoms with Crippen LogP contribution in [0.5, 0.6) is 0 Å². The molecule has 0 N–H and O–H groups in total. The van der Waals surface area contributed by atoms with Crippen LogP contribution in [0.2, 0.25) is 5.02 Å². The van der Waals surface area contributed by atoms with E-state index in [-0.39, 0.29) is 5.82 Å². The second kappa shape index (κ2) is 7.67. The number of anilines is 2. The van der Waals surface area contributed by atoms with E-state index in [1.165, 1.54) is 6.07 Å². The average Bonchev–Trinajstić information content (AvgIpc) is 2.56. The topological polar surface area (TPSA) is 18.8 Å². The molecule has 0 aliphatic rings. The molecule has 3 nitrogen and oxygen atoms in total. The Hall–Kier alpha value is -2.07. The van der Waals surface area contributed by atoms with Crippen LogP contribution in [-0.2, 0) is 0 Å². The molecule has 0 amide bonds. The SMILES string of the molecule is CCN(C)C=Nc1cc(C)c(N(C)c2cc(C)ccc2F)cc1Cl. The normalized spacial score (nSPS) is 11.1. The smallest absolute Gasteiger partial charge is 0.146 e. The molecule has 0 bridgehead atoms. The van der Waals surface area contributed by atoms with E-state index < -0.39 is 0 Å². The highest BCUT2D eigenvalue weighted by molar-refractivity contribution is 6.33. The molecule has 0 aliphatic heterocycles. The van der Waals surface area contributed by atoms with E-state index in [1.807, 2.05) is 62.9 Å². The largest absolute Gasteiger partial charge is 0.366 e. The summed E-state index contributed by atoms with van der Waals surface area (Å²) >= 11 is 6.38. The Labute approximate surface area is 148 Å². The summed E-state index contributed by atoms with van der Waals surface area (Å²) < 4.78 is 14.2. The summed E-state index contributed by atoms with van der Waals surface area (Å²) in [5, 5.41) is 0.538. The van der Waals surface area contributed by atoms with Crippen molar-refractivity contribution in [3.8, 4) is 0 Å². The predicted octanol–water partition coefficient (Wildman–Crippen LogP) is 5.48. The van der Waals surface area contributed by atoms with Gasteiger partial charge in [0, 0.05) is 26.3 Å². The van der Waals surface area contributed by atoms with Crippen molar-refractivity contribution in [3.63, 3.8) is 0 Å². The summed E-state index contributed by atoms with van der Waals surface area (Å²) in [5.74, 6) is -0.259. The zero-order valence-electron chi connectivity index (χ0n) is 14.8. The molecule has 0 fully saturated rings. The van der Waals surface area contributed by atoms with Gasteiger partial charge in [-0.05, 0) is 56.2 Å². The number of halogens is 2. The zero-order chi connectivity index (χ0) is 17.9. The first-order valence-corrected chi connectivity index (χ1v) is 8.25. The summed E-state index contributed by atoms with van der Waals surface area (Å²) in [7, 11) is 3.79. The van der Waals surface area contributed by atoms with Gasteiger partial charge in [0.05, 0.1) is 22.7 Å². The summed E-state index contributed by atoms with van der Waals surface area (Å²) in [6.07, 6.45) is 1.75. The molecule has 2 aromatic rings. The van der Waals surface area contributed by atoms with Gasteiger partial charge in [-0.1, -0.05) is 17.7 Å². The molecule has 0 aliphatic carbocycles. The van der Waals surface area contributed by atoms with Crippen molar-refractivity contribution in [1.82, 2.24) is 4.90 Å². The Morgan fingerprint density at radius 3 is 2.50 bits per heavy atom. The van der Waals surface area contributed by atoms with Gasteiger partial charge in [-0.2, -0.15) is 0 Å². The zero-order valence-corrected chi connectivity index (χ0v) is 15.5. The van der Waals surface area contributed by atoms with Crippen LogP contribution >= 0.6 is 11.6 Å². The van der Waals surface area contributed by atoms with Crippen LogP contribution < -0.4 is 4.90 Å². The van der Waals surface area contributed by atoms with E-state index in [9.17, 15) is 4.39 Å². The first-order valence-electron chi connectivity index (χ1n) is 7.88. The maximum absolute atomic E-state index is 14.2. The Bertz CT molecular complexity index is 759. The summed E-state index contributed by atoms with van der Waals surface area (Å²) in [4.78, 5) is 8.20. The molecule has 0 heterocycles. The minimum Gasteiger partial charge on any atom is -0.366 e. The third kappa shape index (κ3) is 4.06. The summed E-state index contributed by atoms with van der Waals surface area (Å²) in [5.41, 5.74) is 4.07. The number of aryl methyl sites for hydroxylation is 2. The van der Waals surface area contributed by atoms with E-state index >= 15 is 0 Å². The minimum atomic E-state index is -0.259. The van der Waals surface area contributed by atoms with E-state index in [0.29, 0.717) is 16.4 Å². The standard InChI is InChI=1S/C19H23ClFN3/c1-6-23(4)12-22-17-10-14(3)18(11-15(17)20)24(5)19-9-13(2)7-8-16(19)21/h7-12H,6H2,1-5H3. The van der Waals surface area contributed by atoms with E-state index in [2.05, 4.69) is 4.99 Å². The maximum Gasteiger partial charge on any atom is 0.146 e. The minimum absolute atomic E-state index is 0.259. The lowest BCUT2D eigenvalue weighted by Crippen LogP contribution is -2.14. The number of hydrogen-bond acceptors (Lipinski definition) is 2. The van der Waals surface area contributed by atoms with Gasteiger partial charge in [-0.25, -0.2) is 9.38 Å². The fourth-order valence-corrected chi connectivity index (χ4v) is 2.57. The van der Waals surface area contributed by atoms with E-state index in [0.717, 1.165) is 23.4 Å². The average molecular weight is 348 g/mol. The third-order valence-electron chi connectivity index (χ3n) is 3.98. The fourth-order valence-electron chi connectivity index (χ4n) is 2.37. The van der Waals surface area contributed by atoms with Crippen molar-refractivity contribution in [3.05, 3.63) is 52.3 Å². The van der Waals surface area contributed by atoms with Crippen molar-refractivity contribution in [2.45, 2.75) is 20.8 Å². The van der Waals surface area contributed by atoms with Crippen molar-refractivity contribution in [2.24, 2.45) is 4.99 Å². The monoisotopic (exact) mass is 347 g/mol. The van der Waals surface area contributed by atoms with Gasteiger partial charge in [-0.3, -0.25) is 0 Å². The van der Waals surface area contributed by atoms with Crippen LogP contribution in [0.25, 0.3) is 0 Å². The summed E-state index contributed by atoms with van der Waals surface area (Å²) in [6, 6.07) is 8.82. The molecule has 2 rings (SSSR count). The molecular formula is C19H23ClFN3. The molecule has 0 spiro atoms. The van der Waals surface area contributed by atoms with Crippen molar-refractivity contribution < 1.29 is 4.39 Å². The predicted molar refractivity (Wildman–Crippen MR) is 102 cm³/mol. The van der Waals surface area contributed by atoms with Crippen LogP contribution in [0.1, 0.15) is 18.1 Å². The van der Waals surface area contributed by atoms with Crippen molar-refractivity contribution in [2.75, 3.05) is 25.5 Å². The van der Waals surface area contributed by atoms with Gasteiger partial charge in [0.1, 0.15) is 5.82 Å². The Kier molecular flexibility index (Phi) is 5.84. The van der Waals surface area contributed by atoms with E-state index in [4.69, 9.17) is 11.6 Å². The fraction of sp³-hybridized carbons (Fsp3) is 0.316. The Morgan fingerprint density at radius 1 is 1.12 bits per heavy atom. The lowest BCUT2D eigenvalue weighted by molar-refractivity contribution is 0.552. The van der Waals surface area contributed by atoms with Crippen LogP contribution in [0.15, 0.2) is 35.3 Å². The molecule has 24 heavy (non-hydrogen) atoms. The quantitative estimate of drug-likeness (QED) is 0.527. The van der Waals surface area contributed by atoms with Gasteiger partial charge in [0.15, 0.2) is 0 Å². The van der Waals surface area contributed by atoms with Gasteiger partial charge in [0.2, 0.25) is 0 Å². The second-order valence-corrected chi connectivity index (χ2v) is 6.33. The molecular weight excluding hydrogens is 325 g/mol. The molecule has 0 aromatic heterocycles.